The zero-order valence-electron chi connectivity index (χ0n) is 15.5. The second-order valence-corrected chi connectivity index (χ2v) is 6.72. The quantitative estimate of drug-likeness (QED) is 0.654. The first kappa shape index (κ1) is 20.2. The van der Waals surface area contributed by atoms with Crippen molar-refractivity contribution in [2.75, 3.05) is 5.32 Å². The number of carbonyl (C=O) groups excluding carboxylic acids is 1. The summed E-state index contributed by atoms with van der Waals surface area (Å²) < 4.78 is 40.7. The molecule has 3 N–H and O–H groups in total. The largest absolute Gasteiger partial charge is 0.366 e. The highest BCUT2D eigenvalue weighted by Crippen LogP contribution is 2.31. The third-order valence-corrected chi connectivity index (χ3v) is 4.18. The van der Waals surface area contributed by atoms with Gasteiger partial charge < -0.3 is 11.1 Å². The van der Waals surface area contributed by atoms with E-state index in [1.807, 2.05) is 0 Å². The molecular formula is C19H17F3N6O. The maximum Gasteiger partial charge on any atom is 0.265 e. The molecule has 0 bridgehead atoms. The lowest BCUT2D eigenvalue weighted by Gasteiger charge is -2.27. The van der Waals surface area contributed by atoms with Gasteiger partial charge in [-0.25, -0.2) is 18.2 Å². The van der Waals surface area contributed by atoms with Crippen LogP contribution in [-0.2, 0) is 5.54 Å². The van der Waals surface area contributed by atoms with Crippen molar-refractivity contribution < 1.29 is 18.0 Å². The van der Waals surface area contributed by atoms with Gasteiger partial charge in [0.25, 0.3) is 6.43 Å². The molecule has 0 aliphatic heterocycles. The minimum Gasteiger partial charge on any atom is -0.366 e. The van der Waals surface area contributed by atoms with Crippen molar-refractivity contribution in [2.45, 2.75) is 25.8 Å². The van der Waals surface area contributed by atoms with Crippen molar-refractivity contribution in [3.63, 3.8) is 0 Å². The van der Waals surface area contributed by atoms with E-state index in [0.717, 1.165) is 6.07 Å². The molecule has 3 aromatic rings. The molecule has 2 aromatic heterocycles. The highest BCUT2D eigenvalue weighted by Gasteiger charge is 2.29. The minimum absolute atomic E-state index is 0.0109. The van der Waals surface area contributed by atoms with E-state index < -0.39 is 23.7 Å². The van der Waals surface area contributed by atoms with Crippen LogP contribution in [0.15, 0.2) is 42.7 Å². The number of alkyl halides is 2. The molecule has 1 aromatic carbocycles. The molecular weight excluding hydrogens is 385 g/mol. The predicted octanol–water partition coefficient (Wildman–Crippen LogP) is 3.46. The summed E-state index contributed by atoms with van der Waals surface area (Å²) in [6.45, 7) is 3.29. The van der Waals surface area contributed by atoms with Crippen LogP contribution in [0.1, 0.15) is 41.9 Å². The van der Waals surface area contributed by atoms with Gasteiger partial charge in [-0.2, -0.15) is 0 Å². The van der Waals surface area contributed by atoms with Crippen LogP contribution in [0.3, 0.4) is 0 Å². The summed E-state index contributed by atoms with van der Waals surface area (Å²) in [6.07, 6.45) is -0.0238. The fourth-order valence-electron chi connectivity index (χ4n) is 2.79. The Kier molecular flexibility index (Phi) is 5.44. The Bertz CT molecular complexity index is 1040. The molecule has 150 valence electrons. The Morgan fingerprint density at radius 2 is 1.93 bits per heavy atom. The number of halogens is 3. The molecule has 10 heteroatoms. The Balaban J connectivity index is 1.88. The van der Waals surface area contributed by atoms with Crippen molar-refractivity contribution in [2.24, 2.45) is 5.73 Å². The third-order valence-electron chi connectivity index (χ3n) is 4.18. The van der Waals surface area contributed by atoms with Crippen LogP contribution in [0.25, 0.3) is 11.3 Å². The van der Waals surface area contributed by atoms with E-state index in [-0.39, 0.29) is 34.0 Å². The lowest BCUT2D eigenvalue weighted by atomic mass is 9.95. The Hall–Kier alpha value is -3.56. The van der Waals surface area contributed by atoms with Crippen LogP contribution in [0.2, 0.25) is 0 Å². The molecule has 1 amide bonds. The molecule has 0 saturated heterocycles. The number of amides is 1. The summed E-state index contributed by atoms with van der Waals surface area (Å²) in [5.41, 5.74) is 4.32. The van der Waals surface area contributed by atoms with Gasteiger partial charge in [-0.05, 0) is 44.2 Å². The second-order valence-electron chi connectivity index (χ2n) is 6.72. The van der Waals surface area contributed by atoms with Crippen molar-refractivity contribution in [3.8, 4) is 11.3 Å². The number of benzene rings is 1. The summed E-state index contributed by atoms with van der Waals surface area (Å²) in [4.78, 5) is 19.4. The smallest absolute Gasteiger partial charge is 0.265 e. The fraction of sp³-hybridized carbons (Fsp3) is 0.211. The maximum atomic E-state index is 14.1. The molecule has 0 aliphatic carbocycles. The van der Waals surface area contributed by atoms with Gasteiger partial charge in [-0.3, -0.25) is 9.78 Å². The van der Waals surface area contributed by atoms with Gasteiger partial charge >= 0.3 is 0 Å². The van der Waals surface area contributed by atoms with Gasteiger partial charge in [0.1, 0.15) is 11.5 Å². The summed E-state index contributed by atoms with van der Waals surface area (Å²) >= 11 is 0. The topological polar surface area (TPSA) is 107 Å². The molecule has 0 unspecified atom stereocenters. The zero-order valence-corrected chi connectivity index (χ0v) is 15.5. The zero-order chi connectivity index (χ0) is 21.2. The number of hydrogen-bond donors (Lipinski definition) is 2. The number of nitrogens with two attached hydrogens (primary N) is 1. The Morgan fingerprint density at radius 3 is 2.55 bits per heavy atom. The molecule has 3 rings (SSSR count). The predicted molar refractivity (Wildman–Crippen MR) is 99.6 cm³/mol. The molecule has 0 saturated carbocycles. The molecule has 29 heavy (non-hydrogen) atoms. The standard InChI is InChI=1S/C19H17F3N6O/c1-19(2,15-11(16(21)22)4-3-7-24-15)26-18-25-9-14(27-28-18)12-8-10(17(23)29)5-6-13(12)20/h3-9,16H,1-2H3,(H2,23,29)(H,25,26,28). The van der Waals surface area contributed by atoms with Crippen molar-refractivity contribution in [1.29, 1.82) is 0 Å². The molecule has 0 atom stereocenters. The monoisotopic (exact) mass is 402 g/mol. The van der Waals surface area contributed by atoms with E-state index in [2.05, 4.69) is 25.5 Å². The van der Waals surface area contributed by atoms with Crippen LogP contribution >= 0.6 is 0 Å². The molecule has 0 spiro atoms. The lowest BCUT2D eigenvalue weighted by Crippen LogP contribution is -2.31. The van der Waals surface area contributed by atoms with Crippen molar-refractivity contribution in [3.05, 3.63) is 65.4 Å². The van der Waals surface area contributed by atoms with Gasteiger partial charge in [-0.1, -0.05) is 0 Å². The first-order valence-corrected chi connectivity index (χ1v) is 8.50. The van der Waals surface area contributed by atoms with E-state index in [4.69, 9.17) is 5.73 Å². The Morgan fingerprint density at radius 1 is 1.17 bits per heavy atom. The molecule has 0 fully saturated rings. The van der Waals surface area contributed by atoms with Crippen LogP contribution in [-0.4, -0.2) is 26.1 Å². The maximum absolute atomic E-state index is 14.1. The van der Waals surface area contributed by atoms with Gasteiger partial charge in [0.05, 0.1) is 17.4 Å². The van der Waals surface area contributed by atoms with Crippen molar-refractivity contribution in [1.82, 2.24) is 20.2 Å². The molecule has 7 nitrogen and oxygen atoms in total. The Labute approximate surface area is 164 Å². The minimum atomic E-state index is -2.69. The van der Waals surface area contributed by atoms with Crippen LogP contribution < -0.4 is 11.1 Å². The molecule has 0 radical (unpaired) electrons. The van der Waals surface area contributed by atoms with Gasteiger partial charge in [0.15, 0.2) is 0 Å². The number of aromatic nitrogens is 4. The number of nitrogens with zero attached hydrogens (tertiary/aromatic N) is 4. The average Bonchev–Trinajstić information content (AvgIpc) is 2.68. The number of hydrogen-bond acceptors (Lipinski definition) is 6. The SMILES string of the molecule is CC(C)(Nc1ncc(-c2cc(C(N)=O)ccc2F)nn1)c1ncccc1C(F)F. The fourth-order valence-corrected chi connectivity index (χ4v) is 2.79. The molecule has 0 aliphatic rings. The summed E-state index contributed by atoms with van der Waals surface area (Å²) in [6, 6.07) is 6.34. The first-order chi connectivity index (χ1) is 13.7. The number of primary amides is 1. The van der Waals surface area contributed by atoms with Crippen LogP contribution in [0.4, 0.5) is 19.1 Å². The number of carbonyl (C=O) groups is 1. The highest BCUT2D eigenvalue weighted by atomic mass is 19.3. The summed E-state index contributed by atoms with van der Waals surface area (Å²) in [5, 5.41) is 10.7. The summed E-state index contributed by atoms with van der Waals surface area (Å²) in [7, 11) is 0. The third kappa shape index (κ3) is 4.31. The van der Waals surface area contributed by atoms with Crippen molar-refractivity contribution >= 4 is 11.9 Å². The van der Waals surface area contributed by atoms with E-state index in [9.17, 15) is 18.0 Å². The second kappa shape index (κ2) is 7.82. The van der Waals surface area contributed by atoms with Crippen LogP contribution in [0, 0.1) is 5.82 Å². The van der Waals surface area contributed by atoms with E-state index in [1.165, 1.54) is 36.7 Å². The van der Waals surface area contributed by atoms with Gasteiger partial charge in [0, 0.05) is 22.9 Å². The highest BCUT2D eigenvalue weighted by molar-refractivity contribution is 5.94. The number of rotatable bonds is 6. The number of nitrogens with one attached hydrogen (secondary N) is 1. The average molecular weight is 402 g/mol. The van der Waals surface area contributed by atoms with E-state index in [0.29, 0.717) is 0 Å². The number of pyridine rings is 1. The lowest BCUT2D eigenvalue weighted by molar-refractivity contribution is 0.1000. The van der Waals surface area contributed by atoms with Gasteiger partial charge in [0.2, 0.25) is 11.9 Å². The molecule has 2 heterocycles. The van der Waals surface area contributed by atoms with E-state index >= 15 is 0 Å². The summed E-state index contributed by atoms with van der Waals surface area (Å²) in [5.74, 6) is -1.30. The number of anilines is 1. The van der Waals surface area contributed by atoms with Gasteiger partial charge in [-0.15, -0.1) is 10.2 Å². The first-order valence-electron chi connectivity index (χ1n) is 8.50. The normalized spacial score (nSPS) is 11.5. The van der Waals surface area contributed by atoms with E-state index in [1.54, 1.807) is 13.8 Å². The van der Waals surface area contributed by atoms with Crippen LogP contribution in [0.5, 0.6) is 0 Å².